The van der Waals surface area contributed by atoms with Crippen molar-refractivity contribution in [1.82, 2.24) is 4.57 Å². The van der Waals surface area contributed by atoms with Crippen LogP contribution in [0, 0.1) is 20.8 Å². The van der Waals surface area contributed by atoms with Crippen molar-refractivity contribution in [2.24, 2.45) is 7.05 Å². The molecule has 0 spiro atoms. The quantitative estimate of drug-likeness (QED) is 0.324. The van der Waals surface area contributed by atoms with Crippen molar-refractivity contribution < 1.29 is 4.57 Å². The minimum Gasteiger partial charge on any atom is -0.236 e. The maximum Gasteiger partial charge on any atom is 0.286 e. The van der Waals surface area contributed by atoms with Crippen LogP contribution in [0.4, 0.5) is 0 Å². The fourth-order valence-electron chi connectivity index (χ4n) is 4.68. The van der Waals surface area contributed by atoms with Gasteiger partial charge in [-0.05, 0) is 67.3 Å². The van der Waals surface area contributed by atoms with Crippen LogP contribution in [-0.2, 0) is 7.05 Å². The number of rotatable bonds is 2. The first kappa shape index (κ1) is 17.7. The van der Waals surface area contributed by atoms with E-state index in [2.05, 4.69) is 116 Å². The average Bonchev–Trinajstić information content (AvgIpc) is 3.04. The molecule has 0 radical (unpaired) electrons. The summed E-state index contributed by atoms with van der Waals surface area (Å²) in [7, 11) is 2.14. The van der Waals surface area contributed by atoms with E-state index in [1.54, 1.807) is 0 Å². The van der Waals surface area contributed by atoms with Crippen LogP contribution in [0.15, 0.2) is 79.0 Å². The zero-order chi connectivity index (χ0) is 20.1. The summed E-state index contributed by atoms with van der Waals surface area (Å²) in [6, 6.07) is 26.3. The highest BCUT2D eigenvalue weighted by Crippen LogP contribution is 2.33. The van der Waals surface area contributed by atoms with Gasteiger partial charge in [0.25, 0.3) is 5.82 Å². The summed E-state index contributed by atoms with van der Waals surface area (Å²) in [5.74, 6) is 1.17. The maximum absolute atomic E-state index is 2.40. The van der Waals surface area contributed by atoms with Crippen LogP contribution in [0.5, 0.6) is 0 Å². The van der Waals surface area contributed by atoms with Gasteiger partial charge in [-0.1, -0.05) is 42.5 Å². The summed E-state index contributed by atoms with van der Waals surface area (Å²) in [5, 5.41) is 2.60. The van der Waals surface area contributed by atoms with Crippen LogP contribution in [0.1, 0.15) is 16.7 Å². The molecule has 0 bridgehead atoms. The molecule has 0 aliphatic rings. The average molecular weight is 378 g/mol. The van der Waals surface area contributed by atoms with Crippen LogP contribution in [0.2, 0.25) is 0 Å². The van der Waals surface area contributed by atoms with E-state index in [4.69, 9.17) is 0 Å². The molecule has 5 rings (SSSR count). The van der Waals surface area contributed by atoms with Crippen molar-refractivity contribution in [1.29, 1.82) is 0 Å². The van der Waals surface area contributed by atoms with Gasteiger partial charge in [0.1, 0.15) is 11.0 Å². The molecular formula is C27H25N2+. The molecule has 5 aromatic rings. The Bertz CT molecular complexity index is 1370. The molecular weight excluding hydrogens is 352 g/mol. The van der Waals surface area contributed by atoms with Gasteiger partial charge in [0.05, 0.1) is 13.2 Å². The zero-order valence-electron chi connectivity index (χ0n) is 17.4. The number of benzene rings is 3. The van der Waals surface area contributed by atoms with Gasteiger partial charge < -0.3 is 0 Å². The van der Waals surface area contributed by atoms with Gasteiger partial charge >= 0.3 is 0 Å². The first-order chi connectivity index (χ1) is 14.1. The number of para-hydroxylation sites is 2. The molecule has 3 aromatic carbocycles. The number of fused-ring (bicyclic) bond motifs is 3. The number of aromatic nitrogens is 2. The third-order valence-corrected chi connectivity index (χ3v) is 6.00. The molecule has 0 unspecified atom stereocenters. The fraction of sp³-hybridized carbons (Fsp3) is 0.148. The Balaban J connectivity index is 1.80. The molecule has 2 heterocycles. The highest BCUT2D eigenvalue weighted by atomic mass is 15.1. The van der Waals surface area contributed by atoms with E-state index in [-0.39, 0.29) is 0 Å². The molecule has 0 saturated heterocycles. The summed E-state index contributed by atoms with van der Waals surface area (Å²) in [4.78, 5) is 0. The number of pyridine rings is 1. The number of nitrogens with zero attached hydrogens (tertiary/aromatic N) is 2. The fourth-order valence-corrected chi connectivity index (χ4v) is 4.68. The Morgan fingerprint density at radius 3 is 2.07 bits per heavy atom. The third kappa shape index (κ3) is 2.67. The largest absolute Gasteiger partial charge is 0.286 e. The molecule has 0 saturated carbocycles. The summed E-state index contributed by atoms with van der Waals surface area (Å²) in [5.41, 5.74) is 9.02. The zero-order valence-corrected chi connectivity index (χ0v) is 17.4. The van der Waals surface area contributed by atoms with Gasteiger partial charge in [-0.3, -0.25) is 0 Å². The number of aryl methyl sites for hydroxylation is 4. The van der Waals surface area contributed by atoms with Crippen molar-refractivity contribution in [3.63, 3.8) is 0 Å². The third-order valence-electron chi connectivity index (χ3n) is 6.00. The van der Waals surface area contributed by atoms with E-state index in [9.17, 15) is 0 Å². The first-order valence-electron chi connectivity index (χ1n) is 10.1. The molecule has 2 nitrogen and oxygen atoms in total. The van der Waals surface area contributed by atoms with Crippen molar-refractivity contribution in [2.75, 3.05) is 0 Å². The molecule has 29 heavy (non-hydrogen) atoms. The Hall–Kier alpha value is -3.39. The lowest BCUT2D eigenvalue weighted by molar-refractivity contribution is -0.664. The molecule has 2 aromatic heterocycles. The van der Waals surface area contributed by atoms with Gasteiger partial charge in [0.15, 0.2) is 0 Å². The lowest BCUT2D eigenvalue weighted by atomic mass is 9.97. The summed E-state index contributed by atoms with van der Waals surface area (Å²) >= 11 is 0. The summed E-state index contributed by atoms with van der Waals surface area (Å²) < 4.78 is 4.65. The number of hydrogen-bond acceptors (Lipinski definition) is 0. The molecule has 0 amide bonds. The van der Waals surface area contributed by atoms with E-state index >= 15 is 0 Å². The molecule has 0 aliphatic carbocycles. The second-order valence-electron chi connectivity index (χ2n) is 7.98. The monoisotopic (exact) mass is 377 g/mol. The van der Waals surface area contributed by atoms with Crippen LogP contribution in [0.25, 0.3) is 38.8 Å². The van der Waals surface area contributed by atoms with E-state index < -0.39 is 0 Å². The Labute approximate surface area is 171 Å². The van der Waals surface area contributed by atoms with E-state index in [1.165, 1.54) is 55.4 Å². The number of hydrogen-bond donors (Lipinski definition) is 0. The predicted octanol–water partition coefficient (Wildman–Crippen LogP) is 6.20. The Morgan fingerprint density at radius 2 is 1.31 bits per heavy atom. The van der Waals surface area contributed by atoms with Gasteiger partial charge in [0, 0.05) is 22.4 Å². The maximum atomic E-state index is 2.40. The minimum atomic E-state index is 1.17. The molecule has 0 aliphatic heterocycles. The van der Waals surface area contributed by atoms with Crippen LogP contribution in [0.3, 0.4) is 0 Å². The van der Waals surface area contributed by atoms with E-state index in [0.29, 0.717) is 0 Å². The van der Waals surface area contributed by atoms with Crippen molar-refractivity contribution in [3.05, 3.63) is 95.7 Å². The van der Waals surface area contributed by atoms with E-state index in [1.807, 2.05) is 0 Å². The Kier molecular flexibility index (Phi) is 4.02. The van der Waals surface area contributed by atoms with Crippen LogP contribution < -0.4 is 4.57 Å². The Morgan fingerprint density at radius 1 is 0.655 bits per heavy atom. The van der Waals surface area contributed by atoms with Crippen molar-refractivity contribution in [3.8, 4) is 16.9 Å². The highest BCUT2D eigenvalue weighted by Gasteiger charge is 2.22. The molecule has 142 valence electrons. The van der Waals surface area contributed by atoms with Gasteiger partial charge in [-0.15, -0.1) is 0 Å². The van der Waals surface area contributed by atoms with Crippen LogP contribution >= 0.6 is 0 Å². The molecule has 2 heteroatoms. The lowest BCUT2D eigenvalue weighted by Gasteiger charge is -2.11. The standard InChI is InChI=1S/C27H25N2/c1-18-9-7-10-19(2)26(18)21-15-16-25(28(4)17-21)29-24-14-6-5-12-22(24)23-13-8-11-20(3)27(23)29/h5-17H,1-4H3/q+1. The van der Waals surface area contributed by atoms with E-state index in [0.717, 1.165) is 0 Å². The molecule has 0 fully saturated rings. The SMILES string of the molecule is Cc1cccc(C)c1-c1ccc(-n2c3ccccc3c3cccc(C)c32)[n+](C)c1. The van der Waals surface area contributed by atoms with Crippen molar-refractivity contribution in [2.45, 2.75) is 20.8 Å². The predicted molar refractivity (Wildman–Crippen MR) is 122 cm³/mol. The minimum absolute atomic E-state index is 1.17. The van der Waals surface area contributed by atoms with Crippen LogP contribution in [-0.4, -0.2) is 4.57 Å². The smallest absolute Gasteiger partial charge is 0.236 e. The van der Waals surface area contributed by atoms with Gasteiger partial charge in [-0.25, -0.2) is 4.57 Å². The lowest BCUT2D eigenvalue weighted by Crippen LogP contribution is -2.33. The topological polar surface area (TPSA) is 8.81 Å². The normalized spacial score (nSPS) is 11.4. The molecule has 0 N–H and O–H groups in total. The second-order valence-corrected chi connectivity index (χ2v) is 7.98. The van der Waals surface area contributed by atoms with Crippen molar-refractivity contribution >= 4 is 21.8 Å². The molecule has 0 atom stereocenters. The van der Waals surface area contributed by atoms with Gasteiger partial charge in [-0.2, -0.15) is 4.57 Å². The van der Waals surface area contributed by atoms with Gasteiger partial charge in [0.2, 0.25) is 0 Å². The first-order valence-corrected chi connectivity index (χ1v) is 10.1. The second kappa shape index (κ2) is 6.59. The summed E-state index contributed by atoms with van der Waals surface area (Å²) in [6.45, 7) is 6.57. The highest BCUT2D eigenvalue weighted by molar-refractivity contribution is 6.10. The summed E-state index contributed by atoms with van der Waals surface area (Å²) in [6.07, 6.45) is 2.25.